The number of nitrogens with zero attached hydrogens (tertiary/aromatic N) is 1. The highest BCUT2D eigenvalue weighted by molar-refractivity contribution is 7.84. The van der Waals surface area contributed by atoms with Gasteiger partial charge in [0.2, 0.25) is 0 Å². The average Bonchev–Trinajstić information content (AvgIpc) is 2.70. The standard InChI is InChI=1S/C13H20N2OS/c1-10(7-9-17(2)16)15-12-6-5-11-4-3-8-14-13(11)12/h3-4,8,10,12,15H,5-7,9H2,1-2H3. The normalized spacial score (nSPS) is 22.1. The molecule has 3 nitrogen and oxygen atoms in total. The van der Waals surface area contributed by atoms with Gasteiger partial charge < -0.3 is 5.32 Å². The molecule has 1 heterocycles. The number of hydrogen-bond donors (Lipinski definition) is 1. The highest BCUT2D eigenvalue weighted by Crippen LogP contribution is 2.29. The van der Waals surface area contributed by atoms with E-state index in [9.17, 15) is 4.21 Å². The second-order valence-corrected chi connectivity index (χ2v) is 6.33. The molecule has 4 heteroatoms. The zero-order valence-electron chi connectivity index (χ0n) is 10.5. The molecule has 0 spiro atoms. The minimum atomic E-state index is -0.690. The van der Waals surface area contributed by atoms with E-state index in [1.54, 1.807) is 6.26 Å². The zero-order valence-corrected chi connectivity index (χ0v) is 11.3. The SMILES string of the molecule is CC(CCS(C)=O)NC1CCc2cccnc21. The first-order valence-electron chi connectivity index (χ1n) is 6.16. The van der Waals surface area contributed by atoms with Crippen LogP contribution in [0.5, 0.6) is 0 Å². The minimum Gasteiger partial charge on any atom is -0.306 e. The van der Waals surface area contributed by atoms with E-state index in [0.29, 0.717) is 12.1 Å². The van der Waals surface area contributed by atoms with Crippen LogP contribution in [0.15, 0.2) is 18.3 Å². The van der Waals surface area contributed by atoms with Gasteiger partial charge in [0.05, 0.1) is 11.7 Å². The molecule has 94 valence electrons. The molecule has 0 aliphatic heterocycles. The largest absolute Gasteiger partial charge is 0.306 e. The van der Waals surface area contributed by atoms with Crippen molar-refractivity contribution in [2.75, 3.05) is 12.0 Å². The maximum Gasteiger partial charge on any atom is 0.0605 e. The molecule has 0 saturated heterocycles. The van der Waals surface area contributed by atoms with Gasteiger partial charge in [-0.2, -0.15) is 0 Å². The molecule has 2 rings (SSSR count). The Morgan fingerprint density at radius 2 is 2.47 bits per heavy atom. The van der Waals surface area contributed by atoms with E-state index in [0.717, 1.165) is 25.0 Å². The number of aromatic nitrogens is 1. The van der Waals surface area contributed by atoms with E-state index in [4.69, 9.17) is 0 Å². The van der Waals surface area contributed by atoms with Crippen molar-refractivity contribution in [3.05, 3.63) is 29.6 Å². The van der Waals surface area contributed by atoms with Gasteiger partial charge in [-0.05, 0) is 37.8 Å². The lowest BCUT2D eigenvalue weighted by Gasteiger charge is -2.19. The summed E-state index contributed by atoms with van der Waals surface area (Å²) >= 11 is 0. The first-order valence-corrected chi connectivity index (χ1v) is 7.89. The van der Waals surface area contributed by atoms with Crippen LogP contribution in [0.1, 0.15) is 37.1 Å². The average molecular weight is 252 g/mol. The Kier molecular flexibility index (Phi) is 4.29. The van der Waals surface area contributed by atoms with Gasteiger partial charge in [0, 0.05) is 35.0 Å². The minimum absolute atomic E-state index is 0.381. The van der Waals surface area contributed by atoms with Gasteiger partial charge in [0.25, 0.3) is 0 Å². The van der Waals surface area contributed by atoms with Gasteiger partial charge in [-0.1, -0.05) is 6.07 Å². The third kappa shape index (κ3) is 3.36. The number of hydrogen-bond acceptors (Lipinski definition) is 3. The van der Waals surface area contributed by atoms with E-state index >= 15 is 0 Å². The van der Waals surface area contributed by atoms with Gasteiger partial charge in [0.15, 0.2) is 0 Å². The summed E-state index contributed by atoms with van der Waals surface area (Å²) in [6.45, 7) is 2.16. The first kappa shape index (κ1) is 12.7. The maximum absolute atomic E-state index is 11.1. The smallest absolute Gasteiger partial charge is 0.0605 e. The van der Waals surface area contributed by atoms with E-state index in [1.807, 2.05) is 12.3 Å². The van der Waals surface area contributed by atoms with Crippen LogP contribution >= 0.6 is 0 Å². The van der Waals surface area contributed by atoms with Gasteiger partial charge in [-0.15, -0.1) is 0 Å². The summed E-state index contributed by atoms with van der Waals surface area (Å²) in [6, 6.07) is 4.95. The van der Waals surface area contributed by atoms with Crippen LogP contribution in [0.3, 0.4) is 0 Å². The summed E-state index contributed by atoms with van der Waals surface area (Å²) in [4.78, 5) is 4.47. The summed E-state index contributed by atoms with van der Waals surface area (Å²) < 4.78 is 11.1. The van der Waals surface area contributed by atoms with Crippen molar-refractivity contribution in [2.24, 2.45) is 0 Å². The summed E-state index contributed by atoms with van der Waals surface area (Å²) in [6.07, 6.45) is 6.84. The molecule has 1 aliphatic rings. The van der Waals surface area contributed by atoms with Crippen LogP contribution in [0.25, 0.3) is 0 Å². The summed E-state index contributed by atoms with van der Waals surface area (Å²) in [7, 11) is -0.690. The Labute approximate surface area is 105 Å². The molecule has 17 heavy (non-hydrogen) atoms. The van der Waals surface area contributed by atoms with Crippen LogP contribution in [-0.4, -0.2) is 27.2 Å². The van der Waals surface area contributed by atoms with E-state index in [1.165, 1.54) is 11.3 Å². The molecule has 0 bridgehead atoms. The van der Waals surface area contributed by atoms with Crippen LogP contribution < -0.4 is 5.32 Å². The molecule has 0 radical (unpaired) electrons. The number of pyridine rings is 1. The fraction of sp³-hybridized carbons (Fsp3) is 0.615. The summed E-state index contributed by atoms with van der Waals surface area (Å²) in [5.74, 6) is 0.774. The van der Waals surface area contributed by atoms with Crippen molar-refractivity contribution >= 4 is 10.8 Å². The third-order valence-electron chi connectivity index (χ3n) is 3.28. The fourth-order valence-electron chi connectivity index (χ4n) is 2.34. The Balaban J connectivity index is 1.90. The quantitative estimate of drug-likeness (QED) is 0.869. The predicted octanol–water partition coefficient (Wildman–Crippen LogP) is 1.82. The molecule has 0 saturated carbocycles. The summed E-state index contributed by atoms with van der Waals surface area (Å²) in [5, 5.41) is 3.59. The summed E-state index contributed by atoms with van der Waals surface area (Å²) in [5.41, 5.74) is 2.58. The van der Waals surface area contributed by atoms with E-state index in [2.05, 4.69) is 23.3 Å². The lowest BCUT2D eigenvalue weighted by atomic mass is 10.1. The van der Waals surface area contributed by atoms with Gasteiger partial charge in [-0.25, -0.2) is 0 Å². The number of fused-ring (bicyclic) bond motifs is 1. The van der Waals surface area contributed by atoms with E-state index in [-0.39, 0.29) is 0 Å². The molecule has 0 amide bonds. The fourth-order valence-corrected chi connectivity index (χ4v) is 3.03. The predicted molar refractivity (Wildman–Crippen MR) is 71.4 cm³/mol. The molecule has 1 aliphatic carbocycles. The maximum atomic E-state index is 11.1. The molecule has 3 atom stereocenters. The number of aryl methyl sites for hydroxylation is 1. The van der Waals surface area contributed by atoms with Gasteiger partial charge in [-0.3, -0.25) is 9.19 Å². The van der Waals surface area contributed by atoms with Crippen molar-refractivity contribution < 1.29 is 4.21 Å². The highest BCUT2D eigenvalue weighted by Gasteiger charge is 2.24. The van der Waals surface area contributed by atoms with Crippen molar-refractivity contribution in [3.8, 4) is 0 Å². The Bertz CT molecular complexity index is 408. The monoisotopic (exact) mass is 252 g/mol. The lowest BCUT2D eigenvalue weighted by molar-refractivity contribution is 0.440. The highest BCUT2D eigenvalue weighted by atomic mass is 32.2. The topological polar surface area (TPSA) is 42.0 Å². The number of rotatable bonds is 5. The Hall–Kier alpha value is -0.740. The second-order valence-electron chi connectivity index (χ2n) is 4.77. The van der Waals surface area contributed by atoms with Crippen LogP contribution in [-0.2, 0) is 17.2 Å². The first-order chi connectivity index (χ1) is 8.16. The van der Waals surface area contributed by atoms with Gasteiger partial charge in [0.1, 0.15) is 0 Å². The molecule has 1 aromatic heterocycles. The Morgan fingerprint density at radius 3 is 3.24 bits per heavy atom. The molecule has 1 aromatic rings. The van der Waals surface area contributed by atoms with Crippen LogP contribution in [0.2, 0.25) is 0 Å². The van der Waals surface area contributed by atoms with Crippen molar-refractivity contribution in [1.29, 1.82) is 0 Å². The number of nitrogens with one attached hydrogen (secondary N) is 1. The Morgan fingerprint density at radius 1 is 1.65 bits per heavy atom. The van der Waals surface area contributed by atoms with Crippen molar-refractivity contribution in [3.63, 3.8) is 0 Å². The second kappa shape index (κ2) is 5.74. The molecular weight excluding hydrogens is 232 g/mol. The van der Waals surface area contributed by atoms with Crippen LogP contribution in [0.4, 0.5) is 0 Å². The van der Waals surface area contributed by atoms with Crippen LogP contribution in [0, 0.1) is 0 Å². The zero-order chi connectivity index (χ0) is 12.3. The van der Waals surface area contributed by atoms with E-state index < -0.39 is 10.8 Å². The molecule has 1 N–H and O–H groups in total. The molecule has 0 aromatic carbocycles. The molecule has 0 fully saturated rings. The molecular formula is C13H20N2OS. The van der Waals surface area contributed by atoms with Crippen molar-refractivity contribution in [1.82, 2.24) is 10.3 Å². The molecule has 3 unspecified atom stereocenters. The van der Waals surface area contributed by atoms with Crippen molar-refractivity contribution in [2.45, 2.75) is 38.3 Å². The van der Waals surface area contributed by atoms with Gasteiger partial charge >= 0.3 is 0 Å². The third-order valence-corrected chi connectivity index (χ3v) is 4.09. The lowest BCUT2D eigenvalue weighted by Crippen LogP contribution is -2.30.